The quantitative estimate of drug-likeness (QED) is 0.746. The third kappa shape index (κ3) is 4.18. The summed E-state index contributed by atoms with van der Waals surface area (Å²) in [5, 5.41) is 0. The molecule has 1 aliphatic heterocycles. The fraction of sp³-hybridized carbons (Fsp3) is 0.688. The molecule has 4 heteroatoms. The van der Waals surface area contributed by atoms with Crippen molar-refractivity contribution in [3.63, 3.8) is 0 Å². The number of aromatic nitrogens is 1. The van der Waals surface area contributed by atoms with Crippen LogP contribution in [-0.2, 0) is 4.74 Å². The fourth-order valence-corrected chi connectivity index (χ4v) is 2.60. The van der Waals surface area contributed by atoms with Gasteiger partial charge < -0.3 is 9.64 Å². The number of ether oxygens (including phenoxy) is 1. The van der Waals surface area contributed by atoms with Crippen LogP contribution >= 0.6 is 0 Å². The number of anilines is 1. The third-order valence-electron chi connectivity index (χ3n) is 3.97. The van der Waals surface area contributed by atoms with Crippen LogP contribution in [0.4, 0.5) is 5.69 Å². The van der Waals surface area contributed by atoms with E-state index in [1.165, 1.54) is 11.3 Å². The van der Waals surface area contributed by atoms with E-state index in [1.54, 1.807) is 7.11 Å². The van der Waals surface area contributed by atoms with Crippen LogP contribution in [0.15, 0.2) is 18.5 Å². The van der Waals surface area contributed by atoms with Crippen LogP contribution < -0.4 is 4.90 Å². The van der Waals surface area contributed by atoms with E-state index >= 15 is 0 Å². The van der Waals surface area contributed by atoms with Gasteiger partial charge in [0.25, 0.3) is 0 Å². The van der Waals surface area contributed by atoms with Gasteiger partial charge in [0.1, 0.15) is 0 Å². The van der Waals surface area contributed by atoms with Gasteiger partial charge in [0, 0.05) is 52.6 Å². The van der Waals surface area contributed by atoms with Crippen molar-refractivity contribution >= 4 is 5.69 Å². The Bertz CT molecular complexity index is 400. The highest BCUT2D eigenvalue weighted by Gasteiger charge is 2.17. The van der Waals surface area contributed by atoms with E-state index in [-0.39, 0.29) is 0 Å². The molecule has 0 N–H and O–H groups in total. The monoisotopic (exact) mass is 277 g/mol. The topological polar surface area (TPSA) is 28.6 Å². The molecule has 1 aromatic rings. The van der Waals surface area contributed by atoms with Crippen molar-refractivity contribution in [1.29, 1.82) is 0 Å². The van der Waals surface area contributed by atoms with Gasteiger partial charge in [0.15, 0.2) is 0 Å². The molecule has 1 aliphatic rings. The van der Waals surface area contributed by atoms with Crippen LogP contribution in [0.2, 0.25) is 0 Å². The van der Waals surface area contributed by atoms with E-state index in [1.807, 2.05) is 12.4 Å². The summed E-state index contributed by atoms with van der Waals surface area (Å²) in [7, 11) is 1.77. The molecule has 0 saturated carbocycles. The summed E-state index contributed by atoms with van der Waals surface area (Å²) >= 11 is 0. The molecule has 4 nitrogen and oxygen atoms in total. The Hall–Kier alpha value is -1.13. The third-order valence-corrected chi connectivity index (χ3v) is 3.97. The van der Waals surface area contributed by atoms with Crippen LogP contribution in [0.3, 0.4) is 0 Å². The van der Waals surface area contributed by atoms with Gasteiger partial charge in [-0.15, -0.1) is 0 Å². The van der Waals surface area contributed by atoms with Crippen LogP contribution in [0.5, 0.6) is 0 Å². The molecule has 2 heterocycles. The van der Waals surface area contributed by atoms with Crippen molar-refractivity contribution in [2.24, 2.45) is 0 Å². The standard InChI is InChI=1S/C16H27N3O/c1-14(2)15-11-16(13-17-12-15)19-8-6-18(7-9-19)5-4-10-20-3/h11-14H,4-10H2,1-3H3. The Kier molecular flexibility index (Phi) is 5.80. The molecule has 0 aliphatic carbocycles. The number of methoxy groups -OCH3 is 1. The molecule has 1 aromatic heterocycles. The molecular formula is C16H27N3O. The van der Waals surface area contributed by atoms with E-state index in [2.05, 4.69) is 34.7 Å². The van der Waals surface area contributed by atoms with Crippen molar-refractivity contribution in [3.8, 4) is 0 Å². The van der Waals surface area contributed by atoms with Crippen LogP contribution in [-0.4, -0.2) is 56.3 Å². The molecule has 20 heavy (non-hydrogen) atoms. The average molecular weight is 277 g/mol. The largest absolute Gasteiger partial charge is 0.385 e. The Morgan fingerprint density at radius 3 is 2.60 bits per heavy atom. The highest BCUT2D eigenvalue weighted by atomic mass is 16.5. The molecular weight excluding hydrogens is 250 g/mol. The Balaban J connectivity index is 1.85. The number of rotatable bonds is 6. The smallest absolute Gasteiger partial charge is 0.0556 e. The summed E-state index contributed by atoms with van der Waals surface area (Å²) in [6.07, 6.45) is 5.10. The van der Waals surface area contributed by atoms with Crippen molar-refractivity contribution in [2.75, 3.05) is 51.3 Å². The second-order valence-corrected chi connectivity index (χ2v) is 5.81. The summed E-state index contributed by atoms with van der Waals surface area (Å²) in [5.41, 5.74) is 2.60. The second kappa shape index (κ2) is 7.60. The first kappa shape index (κ1) is 15.3. The number of nitrogens with zero attached hydrogens (tertiary/aromatic N) is 3. The van der Waals surface area contributed by atoms with E-state index in [0.717, 1.165) is 45.8 Å². The minimum Gasteiger partial charge on any atom is -0.385 e. The maximum Gasteiger partial charge on any atom is 0.0556 e. The maximum absolute atomic E-state index is 5.11. The minimum absolute atomic E-state index is 0.540. The van der Waals surface area contributed by atoms with Gasteiger partial charge in [-0.25, -0.2) is 0 Å². The zero-order valence-electron chi connectivity index (χ0n) is 13.0. The molecule has 0 spiro atoms. The van der Waals surface area contributed by atoms with Gasteiger partial charge in [-0.2, -0.15) is 0 Å². The van der Waals surface area contributed by atoms with E-state index in [9.17, 15) is 0 Å². The molecule has 112 valence electrons. The van der Waals surface area contributed by atoms with Gasteiger partial charge >= 0.3 is 0 Å². The highest BCUT2D eigenvalue weighted by Crippen LogP contribution is 2.21. The Morgan fingerprint density at radius 1 is 1.20 bits per heavy atom. The summed E-state index contributed by atoms with van der Waals surface area (Å²) in [4.78, 5) is 9.36. The number of hydrogen-bond donors (Lipinski definition) is 0. The first-order valence-corrected chi connectivity index (χ1v) is 7.62. The zero-order chi connectivity index (χ0) is 14.4. The first-order valence-electron chi connectivity index (χ1n) is 7.62. The lowest BCUT2D eigenvalue weighted by molar-refractivity contribution is 0.169. The van der Waals surface area contributed by atoms with E-state index < -0.39 is 0 Å². The molecule has 1 fully saturated rings. The van der Waals surface area contributed by atoms with Gasteiger partial charge in [-0.3, -0.25) is 9.88 Å². The molecule has 0 amide bonds. The maximum atomic E-state index is 5.11. The normalized spacial score (nSPS) is 16.9. The summed E-state index contributed by atoms with van der Waals surface area (Å²) < 4.78 is 5.11. The zero-order valence-corrected chi connectivity index (χ0v) is 13.0. The SMILES string of the molecule is COCCCN1CCN(c2cncc(C(C)C)c2)CC1. The second-order valence-electron chi connectivity index (χ2n) is 5.81. The van der Waals surface area contributed by atoms with Crippen molar-refractivity contribution in [2.45, 2.75) is 26.2 Å². The van der Waals surface area contributed by atoms with Crippen LogP contribution in [0.25, 0.3) is 0 Å². The minimum atomic E-state index is 0.540. The lowest BCUT2D eigenvalue weighted by Crippen LogP contribution is -2.46. The molecule has 0 atom stereocenters. The molecule has 0 unspecified atom stereocenters. The summed E-state index contributed by atoms with van der Waals surface area (Å²) in [6.45, 7) is 10.9. The van der Waals surface area contributed by atoms with Crippen LogP contribution in [0, 0.1) is 0 Å². The number of piperazine rings is 1. The van der Waals surface area contributed by atoms with E-state index in [4.69, 9.17) is 4.74 Å². The molecule has 0 aromatic carbocycles. The molecule has 0 radical (unpaired) electrons. The predicted molar refractivity (Wildman–Crippen MR) is 83.5 cm³/mol. The lowest BCUT2D eigenvalue weighted by atomic mass is 10.1. The number of hydrogen-bond acceptors (Lipinski definition) is 4. The number of pyridine rings is 1. The highest BCUT2D eigenvalue weighted by molar-refractivity contribution is 5.47. The van der Waals surface area contributed by atoms with Crippen molar-refractivity contribution in [3.05, 3.63) is 24.0 Å². The first-order chi connectivity index (χ1) is 9.70. The molecule has 1 saturated heterocycles. The average Bonchev–Trinajstić information content (AvgIpc) is 2.48. The molecule has 2 rings (SSSR count). The summed E-state index contributed by atoms with van der Waals surface area (Å²) in [6, 6.07) is 2.29. The van der Waals surface area contributed by atoms with Gasteiger partial charge in [-0.05, 0) is 24.0 Å². The summed E-state index contributed by atoms with van der Waals surface area (Å²) in [5.74, 6) is 0.540. The predicted octanol–water partition coefficient (Wildman–Crippen LogP) is 2.36. The van der Waals surface area contributed by atoms with Crippen LogP contribution in [0.1, 0.15) is 31.7 Å². The Morgan fingerprint density at radius 2 is 1.95 bits per heavy atom. The van der Waals surface area contributed by atoms with Gasteiger partial charge in [0.05, 0.1) is 11.9 Å². The van der Waals surface area contributed by atoms with Crippen molar-refractivity contribution in [1.82, 2.24) is 9.88 Å². The van der Waals surface area contributed by atoms with Gasteiger partial charge in [0.2, 0.25) is 0 Å². The lowest BCUT2D eigenvalue weighted by Gasteiger charge is -2.36. The van der Waals surface area contributed by atoms with Gasteiger partial charge in [-0.1, -0.05) is 13.8 Å². The van der Waals surface area contributed by atoms with E-state index in [0.29, 0.717) is 5.92 Å². The van der Waals surface area contributed by atoms with Crippen molar-refractivity contribution < 1.29 is 4.74 Å². The Labute approximate surface area is 122 Å². The fourth-order valence-electron chi connectivity index (χ4n) is 2.60. The molecule has 0 bridgehead atoms.